The first kappa shape index (κ1) is 16.0. The lowest BCUT2D eigenvalue weighted by atomic mass is 10.1. The lowest BCUT2D eigenvalue weighted by Crippen LogP contribution is -2.40. The molecule has 2 amide bonds. The van der Waals surface area contributed by atoms with Gasteiger partial charge < -0.3 is 15.7 Å². The molecule has 0 bridgehead atoms. The molecule has 0 aliphatic rings. The first-order valence-electron chi connectivity index (χ1n) is 7.32. The Balaban J connectivity index is 2.03. The fourth-order valence-electron chi connectivity index (χ4n) is 2.27. The number of rotatable bonds is 5. The van der Waals surface area contributed by atoms with E-state index in [-0.39, 0.29) is 12.6 Å². The van der Waals surface area contributed by atoms with Crippen LogP contribution in [0.15, 0.2) is 42.5 Å². The molecule has 5 heteroatoms. The Hall–Kier alpha value is -2.40. The number of aliphatic hydroxyl groups is 1. The number of carbonyl (C=O) groups excluding carboxylic acids is 2. The van der Waals surface area contributed by atoms with Crippen LogP contribution in [0.3, 0.4) is 0 Å². The summed E-state index contributed by atoms with van der Waals surface area (Å²) in [4.78, 5) is 23.9. The molecule has 0 aromatic heterocycles. The van der Waals surface area contributed by atoms with Crippen molar-refractivity contribution in [1.29, 1.82) is 0 Å². The highest BCUT2D eigenvalue weighted by Crippen LogP contribution is 2.22. The summed E-state index contributed by atoms with van der Waals surface area (Å²) in [5.74, 6) is -1.36. The van der Waals surface area contributed by atoms with Crippen molar-refractivity contribution in [1.82, 2.24) is 5.32 Å². The number of hydrogen-bond acceptors (Lipinski definition) is 3. The summed E-state index contributed by atoms with van der Waals surface area (Å²) in [5.41, 5.74) is 0.612. The van der Waals surface area contributed by atoms with Crippen molar-refractivity contribution in [3.8, 4) is 0 Å². The fourth-order valence-corrected chi connectivity index (χ4v) is 2.27. The van der Waals surface area contributed by atoms with Gasteiger partial charge in [0.1, 0.15) is 0 Å². The maximum atomic E-state index is 12.0. The van der Waals surface area contributed by atoms with Crippen LogP contribution in [0.1, 0.15) is 19.8 Å². The third-order valence-electron chi connectivity index (χ3n) is 3.42. The van der Waals surface area contributed by atoms with E-state index in [2.05, 4.69) is 10.6 Å². The molecule has 116 valence electrons. The number of anilines is 1. The van der Waals surface area contributed by atoms with E-state index in [0.29, 0.717) is 18.5 Å². The topological polar surface area (TPSA) is 78.4 Å². The highest BCUT2D eigenvalue weighted by Gasteiger charge is 2.16. The number of carbonyl (C=O) groups is 2. The van der Waals surface area contributed by atoms with Gasteiger partial charge in [0.05, 0.1) is 0 Å². The van der Waals surface area contributed by atoms with Gasteiger partial charge in [-0.25, -0.2) is 0 Å². The van der Waals surface area contributed by atoms with Crippen LogP contribution in [0.5, 0.6) is 0 Å². The number of aliphatic hydroxyl groups excluding tert-OH is 1. The van der Waals surface area contributed by atoms with Crippen LogP contribution < -0.4 is 10.6 Å². The third-order valence-corrected chi connectivity index (χ3v) is 3.42. The molecule has 22 heavy (non-hydrogen) atoms. The summed E-state index contributed by atoms with van der Waals surface area (Å²) in [6.45, 7) is 1.88. The maximum Gasteiger partial charge on any atom is 0.313 e. The van der Waals surface area contributed by atoms with Gasteiger partial charge in [-0.15, -0.1) is 0 Å². The SMILES string of the molecule is CC(CCCO)NC(=O)C(=O)Nc1cccc2ccccc12. The summed E-state index contributed by atoms with van der Waals surface area (Å²) in [6.07, 6.45) is 1.22. The number of amides is 2. The zero-order chi connectivity index (χ0) is 15.9. The molecule has 0 radical (unpaired) electrons. The molecule has 0 aliphatic heterocycles. The van der Waals surface area contributed by atoms with Crippen molar-refractivity contribution in [2.24, 2.45) is 0 Å². The van der Waals surface area contributed by atoms with Crippen LogP contribution in [-0.2, 0) is 9.59 Å². The van der Waals surface area contributed by atoms with E-state index in [1.807, 2.05) is 36.4 Å². The van der Waals surface area contributed by atoms with Crippen molar-refractivity contribution in [2.75, 3.05) is 11.9 Å². The second-order valence-corrected chi connectivity index (χ2v) is 5.22. The predicted octanol–water partition coefficient (Wildman–Crippen LogP) is 2.06. The van der Waals surface area contributed by atoms with Crippen LogP contribution in [0, 0.1) is 0 Å². The number of fused-ring (bicyclic) bond motifs is 1. The number of benzene rings is 2. The first-order valence-corrected chi connectivity index (χ1v) is 7.32. The zero-order valence-electron chi connectivity index (χ0n) is 12.5. The molecule has 0 saturated carbocycles. The van der Waals surface area contributed by atoms with Gasteiger partial charge in [0, 0.05) is 23.7 Å². The van der Waals surface area contributed by atoms with Crippen LogP contribution in [0.25, 0.3) is 10.8 Å². The second-order valence-electron chi connectivity index (χ2n) is 5.22. The minimum Gasteiger partial charge on any atom is -0.396 e. The summed E-state index contributed by atoms with van der Waals surface area (Å²) < 4.78 is 0. The van der Waals surface area contributed by atoms with Crippen molar-refractivity contribution in [3.63, 3.8) is 0 Å². The van der Waals surface area contributed by atoms with Gasteiger partial charge in [-0.3, -0.25) is 9.59 Å². The molecule has 2 rings (SSSR count). The van der Waals surface area contributed by atoms with E-state index in [1.54, 1.807) is 13.0 Å². The monoisotopic (exact) mass is 300 g/mol. The molecule has 2 aromatic rings. The number of hydrogen-bond donors (Lipinski definition) is 3. The standard InChI is InChI=1S/C17H20N2O3/c1-12(6-5-11-20)18-16(21)17(22)19-15-10-4-8-13-7-2-3-9-14(13)15/h2-4,7-10,12,20H,5-6,11H2,1H3,(H,18,21)(H,19,22). The molecule has 0 aliphatic carbocycles. The van der Waals surface area contributed by atoms with E-state index in [4.69, 9.17) is 5.11 Å². The molecule has 5 nitrogen and oxygen atoms in total. The summed E-state index contributed by atoms with van der Waals surface area (Å²) in [7, 11) is 0. The molecule has 1 atom stereocenters. The minimum atomic E-state index is -0.688. The second kappa shape index (κ2) is 7.56. The normalized spacial score (nSPS) is 11.9. The van der Waals surface area contributed by atoms with Gasteiger partial charge in [-0.05, 0) is 31.2 Å². The fraction of sp³-hybridized carbons (Fsp3) is 0.294. The Morgan fingerprint density at radius 1 is 1.09 bits per heavy atom. The quantitative estimate of drug-likeness (QED) is 0.740. The van der Waals surface area contributed by atoms with Crippen LogP contribution in [0.4, 0.5) is 5.69 Å². The minimum absolute atomic E-state index is 0.0718. The van der Waals surface area contributed by atoms with E-state index in [0.717, 1.165) is 10.8 Å². The summed E-state index contributed by atoms with van der Waals surface area (Å²) in [6, 6.07) is 13.0. The Bertz CT molecular complexity index is 665. The van der Waals surface area contributed by atoms with Gasteiger partial charge in [-0.1, -0.05) is 36.4 Å². The maximum absolute atomic E-state index is 12.0. The Morgan fingerprint density at radius 3 is 2.59 bits per heavy atom. The third kappa shape index (κ3) is 4.05. The lowest BCUT2D eigenvalue weighted by molar-refractivity contribution is -0.136. The van der Waals surface area contributed by atoms with Crippen molar-refractivity contribution < 1.29 is 14.7 Å². The molecule has 0 heterocycles. The van der Waals surface area contributed by atoms with Crippen LogP contribution >= 0.6 is 0 Å². The van der Waals surface area contributed by atoms with E-state index >= 15 is 0 Å². The number of nitrogens with one attached hydrogen (secondary N) is 2. The average Bonchev–Trinajstić information content (AvgIpc) is 2.53. The van der Waals surface area contributed by atoms with Crippen LogP contribution in [0.2, 0.25) is 0 Å². The van der Waals surface area contributed by atoms with Crippen LogP contribution in [-0.4, -0.2) is 29.6 Å². The Morgan fingerprint density at radius 2 is 1.82 bits per heavy atom. The van der Waals surface area contributed by atoms with Gasteiger partial charge in [0.15, 0.2) is 0 Å². The lowest BCUT2D eigenvalue weighted by Gasteiger charge is -2.13. The molecular weight excluding hydrogens is 280 g/mol. The zero-order valence-corrected chi connectivity index (χ0v) is 12.5. The molecule has 3 N–H and O–H groups in total. The highest BCUT2D eigenvalue weighted by atomic mass is 16.3. The van der Waals surface area contributed by atoms with E-state index in [1.165, 1.54) is 0 Å². The van der Waals surface area contributed by atoms with Gasteiger partial charge in [0.25, 0.3) is 0 Å². The van der Waals surface area contributed by atoms with Crippen molar-refractivity contribution in [3.05, 3.63) is 42.5 Å². The molecular formula is C17H20N2O3. The Labute approximate surface area is 129 Å². The molecule has 0 saturated heterocycles. The van der Waals surface area contributed by atoms with E-state index < -0.39 is 11.8 Å². The van der Waals surface area contributed by atoms with E-state index in [9.17, 15) is 9.59 Å². The molecule has 0 fully saturated rings. The largest absolute Gasteiger partial charge is 0.396 e. The first-order chi connectivity index (χ1) is 10.6. The van der Waals surface area contributed by atoms with Gasteiger partial charge in [-0.2, -0.15) is 0 Å². The van der Waals surface area contributed by atoms with Gasteiger partial charge in [0.2, 0.25) is 0 Å². The molecule has 1 unspecified atom stereocenters. The predicted molar refractivity (Wildman–Crippen MR) is 86.5 cm³/mol. The summed E-state index contributed by atoms with van der Waals surface area (Å²) in [5, 5.41) is 15.9. The van der Waals surface area contributed by atoms with Crippen molar-refractivity contribution in [2.45, 2.75) is 25.8 Å². The Kier molecular flexibility index (Phi) is 5.49. The summed E-state index contributed by atoms with van der Waals surface area (Å²) >= 11 is 0. The average molecular weight is 300 g/mol. The van der Waals surface area contributed by atoms with Crippen molar-refractivity contribution >= 4 is 28.3 Å². The highest BCUT2D eigenvalue weighted by molar-refractivity contribution is 6.40. The molecule has 0 spiro atoms. The molecule has 2 aromatic carbocycles. The smallest absolute Gasteiger partial charge is 0.313 e. The van der Waals surface area contributed by atoms with Gasteiger partial charge >= 0.3 is 11.8 Å².